The lowest BCUT2D eigenvalue weighted by atomic mass is 9.96. The molecule has 1 aliphatic carbocycles. The van der Waals surface area contributed by atoms with E-state index < -0.39 is 24.7 Å². The van der Waals surface area contributed by atoms with Crippen molar-refractivity contribution in [1.82, 2.24) is 14.9 Å². The summed E-state index contributed by atoms with van der Waals surface area (Å²) in [4.78, 5) is 24.0. The summed E-state index contributed by atoms with van der Waals surface area (Å²) in [5.41, 5.74) is 9.49. The van der Waals surface area contributed by atoms with Crippen molar-refractivity contribution in [3.63, 3.8) is 0 Å². The zero-order valence-corrected chi connectivity index (χ0v) is 20.0. The molecule has 0 spiro atoms. The molecule has 2 aromatic heterocycles. The van der Waals surface area contributed by atoms with Gasteiger partial charge < -0.3 is 20.3 Å². The summed E-state index contributed by atoms with van der Waals surface area (Å²) in [6.45, 7) is -0.187. The SMILES string of the molecule is COCCC(=O)N1CCN(c2nc(C3CC3)c(-c3cccc4cnccc34)cc2N)CC1C(F)(F)F. The Labute approximate surface area is 207 Å². The molecule has 36 heavy (non-hydrogen) atoms. The molecular formula is C26H28F3N5O2. The number of amides is 1. The standard InChI is InChI=1S/C26H28F3N5O2/c1-36-12-8-23(35)34-11-10-33(15-22(34)26(27,28)29)25-21(30)13-20(24(32-25)16-5-6-16)19-4-2-3-17-14-31-9-7-18(17)19/h2-4,7,9,13-14,16,22H,5-6,8,10-12,15,30H2,1H3. The number of hydrogen-bond acceptors (Lipinski definition) is 6. The zero-order valence-electron chi connectivity index (χ0n) is 20.0. The van der Waals surface area contributed by atoms with Crippen LogP contribution in [-0.4, -0.2) is 66.3 Å². The van der Waals surface area contributed by atoms with Crippen molar-refractivity contribution in [3.05, 3.63) is 48.4 Å². The van der Waals surface area contributed by atoms with Crippen LogP contribution in [0.25, 0.3) is 21.9 Å². The number of nitrogens with two attached hydrogens (primary N) is 1. The van der Waals surface area contributed by atoms with Crippen molar-refractivity contribution < 1.29 is 22.7 Å². The number of methoxy groups -OCH3 is 1. The van der Waals surface area contributed by atoms with Crippen molar-refractivity contribution in [2.45, 2.75) is 37.4 Å². The summed E-state index contributed by atoms with van der Waals surface area (Å²) in [6, 6.07) is 7.79. The maximum Gasteiger partial charge on any atom is 0.410 e. The van der Waals surface area contributed by atoms with Crippen molar-refractivity contribution >= 4 is 28.2 Å². The number of nitrogen functional groups attached to an aromatic ring is 1. The smallest absolute Gasteiger partial charge is 0.396 e. The number of halogens is 3. The van der Waals surface area contributed by atoms with E-state index in [-0.39, 0.29) is 32.0 Å². The molecule has 1 saturated heterocycles. The lowest BCUT2D eigenvalue weighted by Crippen LogP contribution is -2.61. The summed E-state index contributed by atoms with van der Waals surface area (Å²) < 4.78 is 46.9. The normalized spacial score (nSPS) is 18.6. The van der Waals surface area contributed by atoms with Crippen LogP contribution in [0.5, 0.6) is 0 Å². The Bertz CT molecular complexity index is 1270. The molecule has 7 nitrogen and oxygen atoms in total. The number of hydrogen-bond donors (Lipinski definition) is 1. The van der Waals surface area contributed by atoms with Crippen molar-refractivity contribution in [2.75, 3.05) is 44.0 Å². The van der Waals surface area contributed by atoms with Gasteiger partial charge in [-0.2, -0.15) is 13.2 Å². The first-order valence-corrected chi connectivity index (χ1v) is 12.0. The van der Waals surface area contributed by atoms with Gasteiger partial charge in [0.25, 0.3) is 0 Å². The van der Waals surface area contributed by atoms with Gasteiger partial charge in [0.05, 0.1) is 24.4 Å². The van der Waals surface area contributed by atoms with Crippen LogP contribution < -0.4 is 10.6 Å². The Hall–Kier alpha value is -3.40. The highest BCUT2D eigenvalue weighted by Gasteiger charge is 2.48. The molecule has 1 saturated carbocycles. The van der Waals surface area contributed by atoms with E-state index in [1.807, 2.05) is 30.3 Å². The molecule has 3 aromatic rings. The van der Waals surface area contributed by atoms with Crippen LogP contribution in [0.2, 0.25) is 0 Å². The molecule has 1 aliphatic heterocycles. The molecule has 2 N–H and O–H groups in total. The van der Waals surface area contributed by atoms with Gasteiger partial charge in [-0.05, 0) is 35.9 Å². The monoisotopic (exact) mass is 499 g/mol. The van der Waals surface area contributed by atoms with E-state index in [9.17, 15) is 18.0 Å². The van der Waals surface area contributed by atoms with E-state index in [2.05, 4.69) is 4.98 Å². The Morgan fingerprint density at radius 2 is 2.00 bits per heavy atom. The van der Waals surface area contributed by atoms with E-state index in [0.717, 1.165) is 45.3 Å². The van der Waals surface area contributed by atoms with Gasteiger partial charge in [0.2, 0.25) is 5.91 Å². The molecule has 5 rings (SSSR count). The summed E-state index contributed by atoms with van der Waals surface area (Å²) in [6.07, 6.45) is 0.812. The Balaban J connectivity index is 1.50. The van der Waals surface area contributed by atoms with Crippen LogP contribution in [0.3, 0.4) is 0 Å². The minimum atomic E-state index is -4.58. The number of pyridine rings is 2. The number of piperazine rings is 1. The van der Waals surface area contributed by atoms with E-state index in [1.54, 1.807) is 17.3 Å². The van der Waals surface area contributed by atoms with Gasteiger partial charge >= 0.3 is 6.18 Å². The predicted octanol–water partition coefficient (Wildman–Crippen LogP) is 4.37. The summed E-state index contributed by atoms with van der Waals surface area (Å²) >= 11 is 0. The zero-order chi connectivity index (χ0) is 25.4. The molecule has 3 heterocycles. The molecule has 0 bridgehead atoms. The number of carbonyl (C=O) groups is 1. The van der Waals surface area contributed by atoms with Crippen molar-refractivity contribution in [1.29, 1.82) is 0 Å². The number of carbonyl (C=O) groups excluding carboxylic acids is 1. The third-order valence-corrected chi connectivity index (χ3v) is 6.89. The molecular weight excluding hydrogens is 471 g/mol. The van der Waals surface area contributed by atoms with E-state index in [0.29, 0.717) is 11.5 Å². The van der Waals surface area contributed by atoms with Gasteiger partial charge in [0, 0.05) is 56.0 Å². The Morgan fingerprint density at radius 3 is 2.72 bits per heavy atom. The van der Waals surface area contributed by atoms with Crippen LogP contribution >= 0.6 is 0 Å². The number of fused-ring (bicyclic) bond motifs is 1. The first-order valence-electron chi connectivity index (χ1n) is 12.0. The second-order valence-corrected chi connectivity index (χ2v) is 9.34. The van der Waals surface area contributed by atoms with Gasteiger partial charge in [-0.3, -0.25) is 9.78 Å². The molecule has 1 atom stereocenters. The maximum atomic E-state index is 14.0. The molecule has 190 valence electrons. The highest BCUT2D eigenvalue weighted by Crippen LogP contribution is 2.46. The summed E-state index contributed by atoms with van der Waals surface area (Å²) in [7, 11) is 1.41. The minimum Gasteiger partial charge on any atom is -0.396 e. The number of aromatic nitrogens is 2. The fourth-order valence-electron chi connectivity index (χ4n) is 4.91. The number of rotatable bonds is 6. The van der Waals surface area contributed by atoms with Gasteiger partial charge in [0.15, 0.2) is 5.82 Å². The third-order valence-electron chi connectivity index (χ3n) is 6.89. The molecule has 0 radical (unpaired) electrons. The third kappa shape index (κ3) is 4.69. The molecule has 1 aromatic carbocycles. The number of benzene rings is 1. The van der Waals surface area contributed by atoms with Crippen LogP contribution in [0.4, 0.5) is 24.7 Å². The first-order chi connectivity index (χ1) is 17.3. The summed E-state index contributed by atoms with van der Waals surface area (Å²) in [5, 5.41) is 2.00. The van der Waals surface area contributed by atoms with E-state index in [4.69, 9.17) is 15.5 Å². The molecule has 2 aliphatic rings. The van der Waals surface area contributed by atoms with Crippen LogP contribution in [0, 0.1) is 0 Å². The average molecular weight is 500 g/mol. The van der Waals surface area contributed by atoms with Crippen molar-refractivity contribution in [3.8, 4) is 11.1 Å². The van der Waals surface area contributed by atoms with Gasteiger partial charge in [0.1, 0.15) is 6.04 Å². The topological polar surface area (TPSA) is 84.6 Å². The second-order valence-electron chi connectivity index (χ2n) is 9.34. The average Bonchev–Trinajstić information content (AvgIpc) is 3.71. The Kier molecular flexibility index (Phi) is 6.46. The lowest BCUT2D eigenvalue weighted by molar-refractivity contribution is -0.190. The number of ether oxygens (including phenoxy) is 1. The Morgan fingerprint density at radius 1 is 1.19 bits per heavy atom. The van der Waals surface area contributed by atoms with Crippen LogP contribution in [0.15, 0.2) is 42.7 Å². The van der Waals surface area contributed by atoms with Gasteiger partial charge in [-0.1, -0.05) is 18.2 Å². The fraction of sp³-hybridized carbons (Fsp3) is 0.423. The number of alkyl halides is 3. The fourth-order valence-corrected chi connectivity index (χ4v) is 4.91. The maximum absolute atomic E-state index is 14.0. The quantitative estimate of drug-likeness (QED) is 0.542. The van der Waals surface area contributed by atoms with E-state index in [1.165, 1.54) is 7.11 Å². The number of nitrogens with zero attached hydrogens (tertiary/aromatic N) is 4. The number of anilines is 2. The first kappa shape index (κ1) is 24.3. The van der Waals surface area contributed by atoms with Gasteiger partial charge in [-0.15, -0.1) is 0 Å². The predicted molar refractivity (Wildman–Crippen MR) is 132 cm³/mol. The molecule has 1 unspecified atom stereocenters. The molecule has 2 fully saturated rings. The van der Waals surface area contributed by atoms with Crippen LogP contribution in [-0.2, 0) is 9.53 Å². The molecule has 10 heteroatoms. The van der Waals surface area contributed by atoms with Crippen molar-refractivity contribution in [2.24, 2.45) is 0 Å². The van der Waals surface area contributed by atoms with E-state index >= 15 is 0 Å². The van der Waals surface area contributed by atoms with Gasteiger partial charge in [-0.25, -0.2) is 4.98 Å². The highest BCUT2D eigenvalue weighted by atomic mass is 19.4. The minimum absolute atomic E-state index is 0.0648. The summed E-state index contributed by atoms with van der Waals surface area (Å²) in [5.74, 6) is 0.0202. The van der Waals surface area contributed by atoms with Crippen LogP contribution in [0.1, 0.15) is 30.9 Å². The lowest BCUT2D eigenvalue weighted by Gasteiger charge is -2.43. The second kappa shape index (κ2) is 9.57. The highest BCUT2D eigenvalue weighted by molar-refractivity contribution is 5.97. The molecule has 1 amide bonds. The largest absolute Gasteiger partial charge is 0.410 e.